The Labute approximate surface area is 64.3 Å². The van der Waals surface area contributed by atoms with Crippen molar-refractivity contribution in [1.29, 1.82) is 0 Å². The van der Waals surface area contributed by atoms with Gasteiger partial charge in [-0.1, -0.05) is 0 Å². The van der Waals surface area contributed by atoms with E-state index in [1.165, 1.54) is 0 Å². The summed E-state index contributed by atoms with van der Waals surface area (Å²) >= 11 is 8.07. The Kier molecular flexibility index (Phi) is 1.87. The maximum absolute atomic E-state index is 5.37. The predicted molar refractivity (Wildman–Crippen MR) is 43.2 cm³/mol. The van der Waals surface area contributed by atoms with Crippen LogP contribution < -0.4 is 5.73 Å². The van der Waals surface area contributed by atoms with Crippen molar-refractivity contribution in [2.45, 2.75) is 9.79 Å². The van der Waals surface area contributed by atoms with Gasteiger partial charge >= 0.3 is 0 Å². The quantitative estimate of drug-likeness (QED) is 0.497. The van der Waals surface area contributed by atoms with E-state index in [0.29, 0.717) is 10.7 Å². The summed E-state index contributed by atoms with van der Waals surface area (Å²) in [6.45, 7) is 0. The highest BCUT2D eigenvalue weighted by Crippen LogP contribution is 2.16. The van der Waals surface area contributed by atoms with Crippen molar-refractivity contribution < 1.29 is 0 Å². The second-order valence-electron chi connectivity index (χ2n) is 1.60. The number of nitrogens with zero attached hydrogens (tertiary/aromatic N) is 1. The van der Waals surface area contributed by atoms with Gasteiger partial charge in [0.25, 0.3) is 0 Å². The summed E-state index contributed by atoms with van der Waals surface area (Å²) in [5, 5.41) is 0. The minimum atomic E-state index is 0.441. The smallest absolute Gasteiger partial charge is 0.136 e. The zero-order valence-electron chi connectivity index (χ0n) is 4.57. The Morgan fingerprint density at radius 2 is 2.11 bits per heavy atom. The van der Waals surface area contributed by atoms with E-state index >= 15 is 0 Å². The zero-order chi connectivity index (χ0) is 6.85. The molecule has 4 heteroatoms. The van der Waals surface area contributed by atoms with Gasteiger partial charge in [-0.25, -0.2) is 4.98 Å². The average Bonchev–Trinajstić information content (AvgIpc) is 1.80. The Bertz CT molecular complexity index is 224. The standard InChI is InChI=1S/C5H6N2S2/c6-5-4(9)1-3(8)2-7-5/h1-2,8-9H,(H2,6,7). The number of rotatable bonds is 0. The number of hydrogen-bond donors (Lipinski definition) is 3. The first-order chi connectivity index (χ1) is 4.20. The fourth-order valence-electron chi connectivity index (χ4n) is 0.453. The summed E-state index contributed by atoms with van der Waals surface area (Å²) in [5.74, 6) is 0.441. The Hall–Kier alpha value is -0.350. The Morgan fingerprint density at radius 3 is 2.56 bits per heavy atom. The van der Waals surface area contributed by atoms with Crippen molar-refractivity contribution in [3.63, 3.8) is 0 Å². The third-order valence-corrected chi connectivity index (χ3v) is 1.49. The molecule has 2 nitrogen and oxygen atoms in total. The van der Waals surface area contributed by atoms with E-state index in [0.717, 1.165) is 4.90 Å². The van der Waals surface area contributed by atoms with Crippen molar-refractivity contribution in [2.24, 2.45) is 0 Å². The van der Waals surface area contributed by atoms with Crippen LogP contribution in [0.2, 0.25) is 0 Å². The molecule has 0 amide bonds. The van der Waals surface area contributed by atoms with Gasteiger partial charge in [-0.3, -0.25) is 0 Å². The van der Waals surface area contributed by atoms with Gasteiger partial charge in [0.05, 0.1) is 0 Å². The van der Waals surface area contributed by atoms with Crippen LogP contribution in [0.15, 0.2) is 22.1 Å². The third-order valence-electron chi connectivity index (χ3n) is 0.883. The first-order valence-electron chi connectivity index (χ1n) is 2.33. The van der Waals surface area contributed by atoms with Gasteiger partial charge in [-0.2, -0.15) is 0 Å². The Balaban J connectivity index is 3.17. The zero-order valence-corrected chi connectivity index (χ0v) is 6.36. The summed E-state index contributed by atoms with van der Waals surface area (Å²) < 4.78 is 0. The van der Waals surface area contributed by atoms with Crippen molar-refractivity contribution in [1.82, 2.24) is 4.98 Å². The lowest BCUT2D eigenvalue weighted by Crippen LogP contribution is -1.90. The number of nitrogen functional groups attached to an aromatic ring is 1. The van der Waals surface area contributed by atoms with Gasteiger partial charge in [0, 0.05) is 16.0 Å². The maximum atomic E-state index is 5.37. The van der Waals surface area contributed by atoms with Crippen molar-refractivity contribution >= 4 is 31.1 Å². The van der Waals surface area contributed by atoms with E-state index in [-0.39, 0.29) is 0 Å². The monoisotopic (exact) mass is 158 g/mol. The molecule has 0 atom stereocenters. The molecule has 48 valence electrons. The van der Waals surface area contributed by atoms with Crippen molar-refractivity contribution in [3.8, 4) is 0 Å². The van der Waals surface area contributed by atoms with Crippen LogP contribution in [0.1, 0.15) is 0 Å². The van der Waals surface area contributed by atoms with Crippen molar-refractivity contribution in [2.75, 3.05) is 5.73 Å². The molecule has 0 aliphatic heterocycles. The first-order valence-corrected chi connectivity index (χ1v) is 3.23. The number of aromatic nitrogens is 1. The fraction of sp³-hybridized carbons (Fsp3) is 0. The number of pyridine rings is 1. The van der Waals surface area contributed by atoms with Gasteiger partial charge < -0.3 is 5.73 Å². The molecule has 0 saturated carbocycles. The van der Waals surface area contributed by atoms with Gasteiger partial charge in [0.15, 0.2) is 0 Å². The molecule has 1 rings (SSSR count). The minimum Gasteiger partial charge on any atom is -0.383 e. The molecule has 0 saturated heterocycles. The summed E-state index contributed by atoms with van der Waals surface area (Å²) in [7, 11) is 0. The Morgan fingerprint density at radius 1 is 1.44 bits per heavy atom. The highest BCUT2D eigenvalue weighted by molar-refractivity contribution is 7.81. The maximum Gasteiger partial charge on any atom is 0.136 e. The molecule has 0 bridgehead atoms. The second kappa shape index (κ2) is 2.49. The highest BCUT2D eigenvalue weighted by atomic mass is 32.1. The molecule has 0 spiro atoms. The molecular formula is C5H6N2S2. The minimum absolute atomic E-state index is 0.441. The number of thiol groups is 2. The first kappa shape index (κ1) is 6.77. The molecular weight excluding hydrogens is 152 g/mol. The molecule has 0 fully saturated rings. The number of anilines is 1. The van der Waals surface area contributed by atoms with Gasteiger partial charge in [-0.05, 0) is 6.07 Å². The summed E-state index contributed by atoms with van der Waals surface area (Å²) in [6, 6.07) is 1.74. The molecule has 9 heavy (non-hydrogen) atoms. The lowest BCUT2D eigenvalue weighted by atomic mass is 10.5. The number of nitrogens with two attached hydrogens (primary N) is 1. The van der Waals surface area contributed by atoms with Crippen LogP contribution in [0.4, 0.5) is 5.82 Å². The van der Waals surface area contributed by atoms with E-state index in [1.54, 1.807) is 12.3 Å². The van der Waals surface area contributed by atoms with E-state index in [9.17, 15) is 0 Å². The lowest BCUT2D eigenvalue weighted by molar-refractivity contribution is 1.18. The SMILES string of the molecule is Nc1ncc(S)cc1S. The van der Waals surface area contributed by atoms with E-state index in [2.05, 4.69) is 30.2 Å². The molecule has 0 aromatic carbocycles. The predicted octanol–water partition coefficient (Wildman–Crippen LogP) is 1.24. The normalized spacial score (nSPS) is 9.56. The van der Waals surface area contributed by atoms with Crippen LogP contribution in [-0.2, 0) is 0 Å². The summed E-state index contributed by atoms with van der Waals surface area (Å²) in [5.41, 5.74) is 5.37. The van der Waals surface area contributed by atoms with Gasteiger partial charge in [-0.15, -0.1) is 25.3 Å². The molecule has 0 aliphatic rings. The largest absolute Gasteiger partial charge is 0.383 e. The third kappa shape index (κ3) is 1.53. The summed E-state index contributed by atoms with van der Waals surface area (Å²) in [6.07, 6.45) is 1.58. The van der Waals surface area contributed by atoms with Crippen LogP contribution >= 0.6 is 25.3 Å². The van der Waals surface area contributed by atoms with Crippen LogP contribution in [0.25, 0.3) is 0 Å². The van der Waals surface area contributed by atoms with Crippen LogP contribution in [-0.4, -0.2) is 4.98 Å². The average molecular weight is 158 g/mol. The lowest BCUT2D eigenvalue weighted by Gasteiger charge is -1.95. The second-order valence-corrected chi connectivity index (χ2v) is 2.60. The van der Waals surface area contributed by atoms with Crippen molar-refractivity contribution in [3.05, 3.63) is 12.3 Å². The molecule has 1 heterocycles. The van der Waals surface area contributed by atoms with E-state index in [4.69, 9.17) is 5.73 Å². The molecule has 0 radical (unpaired) electrons. The molecule has 0 aliphatic carbocycles. The van der Waals surface area contributed by atoms with Gasteiger partial charge in [0.2, 0.25) is 0 Å². The topological polar surface area (TPSA) is 38.9 Å². The van der Waals surface area contributed by atoms with Crippen LogP contribution in [0.5, 0.6) is 0 Å². The van der Waals surface area contributed by atoms with E-state index in [1.807, 2.05) is 0 Å². The van der Waals surface area contributed by atoms with Crippen LogP contribution in [0, 0.1) is 0 Å². The molecule has 1 aromatic heterocycles. The fourth-order valence-corrected chi connectivity index (χ4v) is 0.939. The number of hydrogen-bond acceptors (Lipinski definition) is 4. The molecule has 0 unspecified atom stereocenters. The molecule has 2 N–H and O–H groups in total. The molecule has 1 aromatic rings. The van der Waals surface area contributed by atoms with Gasteiger partial charge in [0.1, 0.15) is 5.82 Å². The van der Waals surface area contributed by atoms with Crippen LogP contribution in [0.3, 0.4) is 0 Å². The highest BCUT2D eigenvalue weighted by Gasteiger charge is 1.93. The van der Waals surface area contributed by atoms with E-state index < -0.39 is 0 Å². The summed E-state index contributed by atoms with van der Waals surface area (Å²) in [4.78, 5) is 5.24.